The van der Waals surface area contributed by atoms with Crippen LogP contribution < -0.4 is 18.4 Å². The summed E-state index contributed by atoms with van der Waals surface area (Å²) < 4.78 is 51.5. The summed E-state index contributed by atoms with van der Waals surface area (Å²) in [5.41, 5.74) is 0.604. The van der Waals surface area contributed by atoms with E-state index < -0.39 is 16.1 Å². The molecule has 0 fully saturated rings. The first-order valence-corrected chi connectivity index (χ1v) is 10.1. The Bertz CT molecular complexity index is 1030. The summed E-state index contributed by atoms with van der Waals surface area (Å²) in [5.74, 6) is 0.522. The summed E-state index contributed by atoms with van der Waals surface area (Å²) in [6.07, 6.45) is 3.46. The molecule has 0 bridgehead atoms. The number of hydrogen-bond donors (Lipinski definition) is 0. The van der Waals surface area contributed by atoms with E-state index in [2.05, 4.69) is 4.74 Å². The number of fused-ring (bicyclic) bond motifs is 1. The average Bonchev–Trinajstić information content (AvgIpc) is 2.97. The highest BCUT2D eigenvalue weighted by atomic mass is 32.2. The first-order chi connectivity index (χ1) is 13.9. The Morgan fingerprint density at radius 3 is 2.48 bits per heavy atom. The van der Waals surface area contributed by atoms with Crippen molar-refractivity contribution in [3.8, 4) is 23.0 Å². The molecule has 8 nitrogen and oxygen atoms in total. The molecule has 0 atom stereocenters. The van der Waals surface area contributed by atoms with Crippen LogP contribution in [0.15, 0.2) is 47.4 Å². The summed E-state index contributed by atoms with van der Waals surface area (Å²) in [6, 6.07) is 8.86. The number of ether oxygens (including phenoxy) is 4. The molecule has 0 saturated heterocycles. The quantitative estimate of drug-likeness (QED) is 0.400. The number of hydrogen-bond acceptors (Lipinski definition) is 8. The van der Waals surface area contributed by atoms with Crippen LogP contribution in [0.25, 0.3) is 6.08 Å². The molecule has 154 valence electrons. The Hall–Kier alpha value is -3.20. The molecule has 29 heavy (non-hydrogen) atoms. The topological polar surface area (TPSA) is 97.4 Å². The highest BCUT2D eigenvalue weighted by molar-refractivity contribution is 7.87. The van der Waals surface area contributed by atoms with Gasteiger partial charge in [0.25, 0.3) is 0 Å². The Labute approximate surface area is 168 Å². The van der Waals surface area contributed by atoms with Crippen molar-refractivity contribution in [2.75, 3.05) is 27.4 Å². The van der Waals surface area contributed by atoms with Crippen LogP contribution in [0.1, 0.15) is 12.0 Å². The molecular weight excluding hydrogens is 400 g/mol. The van der Waals surface area contributed by atoms with Crippen molar-refractivity contribution < 1.29 is 36.3 Å². The van der Waals surface area contributed by atoms with Gasteiger partial charge in [-0.1, -0.05) is 6.07 Å². The fourth-order valence-corrected chi connectivity index (χ4v) is 3.51. The smallest absolute Gasteiger partial charge is 0.339 e. The normalized spacial score (nSPS) is 13.6. The van der Waals surface area contributed by atoms with E-state index in [1.807, 2.05) is 0 Å². The van der Waals surface area contributed by atoms with Crippen molar-refractivity contribution in [2.24, 2.45) is 0 Å². The zero-order chi connectivity index (χ0) is 20.9. The number of esters is 1. The molecule has 2 aromatic carbocycles. The molecule has 0 N–H and O–H groups in total. The lowest BCUT2D eigenvalue weighted by molar-refractivity contribution is -0.134. The second-order valence-corrected chi connectivity index (χ2v) is 7.51. The summed E-state index contributed by atoms with van der Waals surface area (Å²) in [6.45, 7) is 0.940. The predicted octanol–water partition coefficient (Wildman–Crippen LogP) is 2.81. The third-order valence-corrected chi connectivity index (χ3v) is 5.24. The van der Waals surface area contributed by atoms with E-state index in [0.29, 0.717) is 36.7 Å². The lowest BCUT2D eigenvalue weighted by Gasteiger charge is -2.13. The first-order valence-electron chi connectivity index (χ1n) is 8.71. The SMILES string of the molecule is COC(=O)/C=C/c1ccc(OS(=O)(=O)c2ccc3c(c2)OCCCO3)c(OC)c1. The Balaban J connectivity index is 1.85. The Kier molecular flexibility index (Phi) is 6.28. The maximum atomic E-state index is 12.7. The van der Waals surface area contributed by atoms with Crippen molar-refractivity contribution in [3.63, 3.8) is 0 Å². The molecule has 0 amide bonds. The van der Waals surface area contributed by atoms with Gasteiger partial charge in [-0.05, 0) is 35.9 Å². The van der Waals surface area contributed by atoms with Crippen LogP contribution in [0.2, 0.25) is 0 Å². The van der Waals surface area contributed by atoms with Crippen molar-refractivity contribution >= 4 is 22.2 Å². The van der Waals surface area contributed by atoms with Gasteiger partial charge in [0.1, 0.15) is 4.90 Å². The van der Waals surface area contributed by atoms with Crippen molar-refractivity contribution in [3.05, 3.63) is 48.0 Å². The molecule has 1 aliphatic heterocycles. The minimum Gasteiger partial charge on any atom is -0.493 e. The van der Waals surface area contributed by atoms with Gasteiger partial charge in [0.2, 0.25) is 0 Å². The van der Waals surface area contributed by atoms with Crippen LogP contribution in [-0.2, 0) is 19.6 Å². The fraction of sp³-hybridized carbons (Fsp3) is 0.250. The zero-order valence-corrected chi connectivity index (χ0v) is 16.7. The third kappa shape index (κ3) is 5.00. The van der Waals surface area contributed by atoms with Gasteiger partial charge in [0, 0.05) is 18.6 Å². The monoisotopic (exact) mass is 420 g/mol. The van der Waals surface area contributed by atoms with Crippen LogP contribution in [0.5, 0.6) is 23.0 Å². The number of benzene rings is 2. The molecule has 0 saturated carbocycles. The fourth-order valence-electron chi connectivity index (χ4n) is 2.55. The maximum absolute atomic E-state index is 12.7. The number of carbonyl (C=O) groups excluding carboxylic acids is 1. The Morgan fingerprint density at radius 1 is 1.00 bits per heavy atom. The molecule has 3 rings (SSSR count). The van der Waals surface area contributed by atoms with E-state index >= 15 is 0 Å². The Morgan fingerprint density at radius 2 is 1.76 bits per heavy atom. The van der Waals surface area contributed by atoms with Crippen LogP contribution >= 0.6 is 0 Å². The minimum absolute atomic E-state index is 0.00910. The van der Waals surface area contributed by atoms with Crippen LogP contribution in [-0.4, -0.2) is 41.8 Å². The van der Waals surface area contributed by atoms with E-state index in [9.17, 15) is 13.2 Å². The standard InChI is InChI=1S/C20H20O8S/c1-24-18-12-14(5-9-20(21)25-2)4-7-17(18)28-29(22,23)15-6-8-16-19(13-15)27-11-3-10-26-16/h4-9,12-13H,3,10-11H2,1-2H3/b9-5+. The highest BCUT2D eigenvalue weighted by Gasteiger charge is 2.22. The molecule has 1 aliphatic rings. The van der Waals surface area contributed by atoms with Gasteiger partial charge >= 0.3 is 16.1 Å². The van der Waals surface area contributed by atoms with E-state index in [1.54, 1.807) is 6.07 Å². The van der Waals surface area contributed by atoms with Crippen LogP contribution in [0, 0.1) is 0 Å². The van der Waals surface area contributed by atoms with Crippen molar-refractivity contribution in [1.29, 1.82) is 0 Å². The molecular formula is C20H20O8S. The van der Waals surface area contributed by atoms with E-state index in [0.717, 1.165) is 0 Å². The van der Waals surface area contributed by atoms with Gasteiger partial charge in [0.15, 0.2) is 23.0 Å². The number of carbonyl (C=O) groups is 1. The zero-order valence-electron chi connectivity index (χ0n) is 15.9. The van der Waals surface area contributed by atoms with E-state index in [4.69, 9.17) is 18.4 Å². The molecule has 2 aromatic rings. The molecule has 0 aromatic heterocycles. The maximum Gasteiger partial charge on any atom is 0.339 e. The average molecular weight is 420 g/mol. The van der Waals surface area contributed by atoms with Gasteiger partial charge in [-0.25, -0.2) is 4.79 Å². The lowest BCUT2D eigenvalue weighted by atomic mass is 10.2. The van der Waals surface area contributed by atoms with Gasteiger partial charge in [-0.15, -0.1) is 0 Å². The third-order valence-electron chi connectivity index (χ3n) is 4.01. The summed E-state index contributed by atoms with van der Waals surface area (Å²) in [7, 11) is -1.48. The lowest BCUT2D eigenvalue weighted by Crippen LogP contribution is -2.11. The summed E-state index contributed by atoms with van der Waals surface area (Å²) in [4.78, 5) is 11.1. The van der Waals surface area contributed by atoms with E-state index in [-0.39, 0.29) is 16.4 Å². The number of rotatable bonds is 6. The van der Waals surface area contributed by atoms with Gasteiger partial charge in [0.05, 0.1) is 27.4 Å². The van der Waals surface area contributed by atoms with Crippen molar-refractivity contribution in [1.82, 2.24) is 0 Å². The van der Waals surface area contributed by atoms with Crippen molar-refractivity contribution in [2.45, 2.75) is 11.3 Å². The van der Waals surface area contributed by atoms with Crippen LogP contribution in [0.4, 0.5) is 0 Å². The second kappa shape index (κ2) is 8.87. The highest BCUT2D eigenvalue weighted by Crippen LogP contribution is 2.35. The van der Waals surface area contributed by atoms with Crippen LogP contribution in [0.3, 0.4) is 0 Å². The largest absolute Gasteiger partial charge is 0.493 e. The molecule has 0 aliphatic carbocycles. The van der Waals surface area contributed by atoms with Gasteiger partial charge in [-0.3, -0.25) is 0 Å². The molecule has 0 radical (unpaired) electrons. The second-order valence-electron chi connectivity index (χ2n) is 5.96. The summed E-state index contributed by atoms with van der Waals surface area (Å²) >= 11 is 0. The molecule has 0 spiro atoms. The molecule has 9 heteroatoms. The predicted molar refractivity (Wildman–Crippen MR) is 104 cm³/mol. The summed E-state index contributed by atoms with van der Waals surface area (Å²) in [5, 5.41) is 0. The van der Waals surface area contributed by atoms with E-state index in [1.165, 1.54) is 56.7 Å². The minimum atomic E-state index is -4.14. The molecule has 1 heterocycles. The van der Waals surface area contributed by atoms with Gasteiger partial charge in [-0.2, -0.15) is 8.42 Å². The molecule has 0 unspecified atom stereocenters. The first kappa shape index (κ1) is 20.5. The number of methoxy groups -OCH3 is 2. The van der Waals surface area contributed by atoms with Gasteiger partial charge < -0.3 is 23.1 Å².